The number of ether oxygens (including phenoxy) is 4. The lowest BCUT2D eigenvalue weighted by Gasteiger charge is -2.14. The number of anilines is 2. The lowest BCUT2D eigenvalue weighted by molar-refractivity contribution is -0.132. The number of carboxylic acid groups (broad SMARTS) is 1. The zero-order valence-corrected chi connectivity index (χ0v) is 40.6. The number of hydrogen-bond acceptors (Lipinski definition) is 10. The lowest BCUT2D eigenvalue weighted by atomic mass is 10.0. The van der Waals surface area contributed by atoms with Gasteiger partial charge < -0.3 is 34.7 Å². The maximum absolute atomic E-state index is 14.2. The second kappa shape index (κ2) is 22.0. The van der Waals surface area contributed by atoms with E-state index < -0.39 is 49.3 Å². The second-order valence-corrected chi connectivity index (χ2v) is 17.7. The summed E-state index contributed by atoms with van der Waals surface area (Å²) in [6.07, 6.45) is -4.97. The Kier molecular flexibility index (Phi) is 15.5. The van der Waals surface area contributed by atoms with Crippen LogP contribution in [0.3, 0.4) is 0 Å². The summed E-state index contributed by atoms with van der Waals surface area (Å²) >= 11 is 0. The number of nitrogens with zero attached hydrogens (tertiary/aromatic N) is 4. The molecule has 0 spiro atoms. The fourth-order valence-electron chi connectivity index (χ4n) is 8.19. The molecule has 0 aliphatic heterocycles. The van der Waals surface area contributed by atoms with Gasteiger partial charge in [0.1, 0.15) is 46.7 Å². The molecular weight excluding hydrogens is 997 g/mol. The number of alkyl halides is 6. The average molecular weight is 1040 g/mol. The summed E-state index contributed by atoms with van der Waals surface area (Å²) in [4.78, 5) is 32.8. The van der Waals surface area contributed by atoms with E-state index >= 15 is 0 Å². The molecule has 0 radical (unpaired) electrons. The SMILES string of the molecule is COc1ccc(Oc2cc(NCCC(F)(F)F)c3ncn(-c4ccc(C(=O)CC5CC5)c(C)c4)c3c2)cc1F.COc1ccc(Oc2cc(NCCC(F)(F)F)c3ncn(-c4ccc(C(=O)O)c(C)c4)c3c2)cc1F. The number of carbonyl (C=O) groups is 2. The van der Waals surface area contributed by atoms with E-state index in [1.54, 1.807) is 52.7 Å². The molecule has 8 aromatic rings. The third kappa shape index (κ3) is 13.1. The summed E-state index contributed by atoms with van der Waals surface area (Å²) in [5.41, 5.74) is 5.98. The Labute approximate surface area is 423 Å². The van der Waals surface area contributed by atoms with Crippen molar-refractivity contribution >= 4 is 45.2 Å². The largest absolute Gasteiger partial charge is 0.494 e. The highest BCUT2D eigenvalue weighted by Crippen LogP contribution is 2.38. The van der Waals surface area contributed by atoms with Crippen LogP contribution in [0.1, 0.15) is 63.9 Å². The van der Waals surface area contributed by atoms with Crippen molar-refractivity contribution in [1.82, 2.24) is 19.1 Å². The Bertz CT molecular complexity index is 3410. The smallest absolute Gasteiger partial charge is 0.390 e. The van der Waals surface area contributed by atoms with Gasteiger partial charge in [-0.15, -0.1) is 0 Å². The molecule has 6 aromatic carbocycles. The first-order valence-electron chi connectivity index (χ1n) is 23.3. The van der Waals surface area contributed by atoms with Gasteiger partial charge in [0.05, 0.1) is 55.0 Å². The van der Waals surface area contributed by atoms with Crippen LogP contribution in [0.2, 0.25) is 0 Å². The molecule has 21 heteroatoms. The first-order valence-corrected chi connectivity index (χ1v) is 23.3. The Morgan fingerprint density at radius 3 is 1.43 bits per heavy atom. The van der Waals surface area contributed by atoms with Crippen molar-refractivity contribution in [3.05, 3.63) is 144 Å². The number of nitrogens with one attached hydrogen (secondary N) is 2. The van der Waals surface area contributed by atoms with Crippen LogP contribution >= 0.6 is 0 Å². The number of carboxylic acids is 1. The van der Waals surface area contributed by atoms with Gasteiger partial charge >= 0.3 is 18.3 Å². The molecule has 0 amide bonds. The van der Waals surface area contributed by atoms with Crippen molar-refractivity contribution in [3.8, 4) is 45.9 Å². The Morgan fingerprint density at radius 1 is 0.613 bits per heavy atom. The number of aromatic carboxylic acids is 1. The number of fused-ring (bicyclic) bond motifs is 2. The van der Waals surface area contributed by atoms with Crippen LogP contribution in [0.25, 0.3) is 33.4 Å². The van der Waals surface area contributed by atoms with E-state index in [0.29, 0.717) is 62.6 Å². The molecule has 75 heavy (non-hydrogen) atoms. The van der Waals surface area contributed by atoms with Crippen molar-refractivity contribution < 1.29 is 68.8 Å². The molecule has 1 fully saturated rings. The summed E-state index contributed by atoms with van der Waals surface area (Å²) in [7, 11) is 2.68. The first kappa shape index (κ1) is 52.9. The number of Topliss-reactive ketones (excluding diaryl/α,β-unsaturated/α-hetero) is 1. The van der Waals surface area contributed by atoms with Gasteiger partial charge in [-0.2, -0.15) is 26.3 Å². The maximum atomic E-state index is 14.2. The highest BCUT2D eigenvalue weighted by atomic mass is 19.4. The van der Waals surface area contributed by atoms with Crippen molar-refractivity contribution in [2.24, 2.45) is 5.92 Å². The molecule has 13 nitrogen and oxygen atoms in total. The standard InChI is InChI=1S/C29H27F4N3O3.C25H21F4N3O4/c1-17-11-19(5-7-22(17)26(37)12-18-3-4-18)36-16-35-28-24(34-10-9-29(31,32)33)14-21(15-25(28)36)39-20-6-8-27(38-2)23(30)13-20;1-14-9-15(3-5-18(14)24(33)34)32-13-31-23-20(30-8-7-25(27,28)29)11-17(12-21(23)32)36-16-4-6-22(35-2)19(26)10-16/h5-8,11,13-16,18,34H,3-4,9-10,12H2,1-2H3;3-6,9-13,30H,7-8H2,1-2H3,(H,33,34). The van der Waals surface area contributed by atoms with E-state index in [-0.39, 0.29) is 52.4 Å². The summed E-state index contributed by atoms with van der Waals surface area (Å²) in [5.74, 6) is -0.784. The van der Waals surface area contributed by atoms with Gasteiger partial charge in [-0.3, -0.25) is 13.9 Å². The minimum atomic E-state index is -4.34. The Balaban J connectivity index is 0.000000200. The number of imidazole rings is 2. The zero-order chi connectivity index (χ0) is 53.8. The fourth-order valence-corrected chi connectivity index (χ4v) is 8.19. The highest BCUT2D eigenvalue weighted by Gasteiger charge is 2.28. The van der Waals surface area contributed by atoms with Gasteiger partial charge in [-0.1, -0.05) is 0 Å². The van der Waals surface area contributed by atoms with Crippen molar-refractivity contribution in [2.75, 3.05) is 37.9 Å². The number of carbonyl (C=O) groups excluding carboxylic acids is 1. The molecule has 0 saturated heterocycles. The molecule has 1 aliphatic carbocycles. The predicted octanol–water partition coefficient (Wildman–Crippen LogP) is 14.0. The quantitative estimate of drug-likeness (QED) is 0.0556. The molecular formula is C54H48F8N6O7. The van der Waals surface area contributed by atoms with Gasteiger partial charge in [-0.25, -0.2) is 23.5 Å². The van der Waals surface area contributed by atoms with Crippen molar-refractivity contribution in [2.45, 2.75) is 58.3 Å². The summed E-state index contributed by atoms with van der Waals surface area (Å²) in [6, 6.07) is 24.6. The fraction of sp³-hybridized carbons (Fsp3) is 0.259. The van der Waals surface area contributed by atoms with Gasteiger partial charge in [-0.05, 0) is 104 Å². The van der Waals surface area contributed by atoms with E-state index in [9.17, 15) is 49.8 Å². The topological polar surface area (TPSA) is 151 Å². The lowest BCUT2D eigenvalue weighted by Crippen LogP contribution is -2.14. The number of rotatable bonds is 18. The summed E-state index contributed by atoms with van der Waals surface area (Å²) < 4.78 is 130. The van der Waals surface area contributed by atoms with Crippen molar-refractivity contribution in [3.63, 3.8) is 0 Å². The second-order valence-electron chi connectivity index (χ2n) is 17.7. The summed E-state index contributed by atoms with van der Waals surface area (Å²) in [6.45, 7) is 2.78. The zero-order valence-electron chi connectivity index (χ0n) is 40.6. The maximum Gasteiger partial charge on any atom is 0.390 e. The van der Waals surface area contributed by atoms with E-state index in [0.717, 1.165) is 36.2 Å². The van der Waals surface area contributed by atoms with E-state index in [2.05, 4.69) is 20.6 Å². The minimum absolute atomic E-state index is 0.0329. The Morgan fingerprint density at radius 2 is 1.05 bits per heavy atom. The van der Waals surface area contributed by atoms with Gasteiger partial charge in [0.25, 0.3) is 0 Å². The molecule has 2 aromatic heterocycles. The minimum Gasteiger partial charge on any atom is -0.494 e. The van der Waals surface area contributed by atoms with E-state index in [1.165, 1.54) is 63.0 Å². The van der Waals surface area contributed by atoms with Crippen LogP contribution in [0.4, 0.5) is 46.5 Å². The number of aromatic nitrogens is 4. The number of methoxy groups -OCH3 is 2. The van der Waals surface area contributed by atoms with E-state index in [4.69, 9.17) is 18.9 Å². The number of ketones is 1. The van der Waals surface area contributed by atoms with Gasteiger partial charge in [0.15, 0.2) is 28.9 Å². The average Bonchev–Trinajstić information content (AvgIpc) is 3.89. The highest BCUT2D eigenvalue weighted by molar-refractivity contribution is 5.98. The van der Waals surface area contributed by atoms with Crippen LogP contribution in [-0.4, -0.2) is 75.6 Å². The van der Waals surface area contributed by atoms with Gasteiger partial charge in [0, 0.05) is 72.8 Å². The number of aryl methyl sites for hydroxylation is 2. The summed E-state index contributed by atoms with van der Waals surface area (Å²) in [5, 5.41) is 14.9. The number of hydrogen-bond donors (Lipinski definition) is 3. The number of halogens is 8. The third-order valence-electron chi connectivity index (χ3n) is 12.1. The molecule has 1 aliphatic rings. The molecule has 1 saturated carbocycles. The van der Waals surface area contributed by atoms with Crippen molar-refractivity contribution in [1.29, 1.82) is 0 Å². The number of benzene rings is 6. The molecule has 0 bridgehead atoms. The van der Waals surface area contributed by atoms with E-state index in [1.807, 2.05) is 19.1 Å². The molecule has 2 heterocycles. The van der Waals surface area contributed by atoms with Crippen LogP contribution in [0.5, 0.6) is 34.5 Å². The molecule has 9 rings (SSSR count). The van der Waals surface area contributed by atoms with Crippen LogP contribution < -0.4 is 29.6 Å². The molecule has 0 unspecified atom stereocenters. The Hall–Kier alpha value is -8.36. The molecule has 392 valence electrons. The van der Waals surface area contributed by atoms with Crippen LogP contribution in [-0.2, 0) is 0 Å². The van der Waals surface area contributed by atoms with Crippen LogP contribution in [0, 0.1) is 31.4 Å². The predicted molar refractivity (Wildman–Crippen MR) is 265 cm³/mol. The third-order valence-corrected chi connectivity index (χ3v) is 12.1. The normalized spacial score (nSPS) is 12.5. The first-order chi connectivity index (χ1) is 35.7. The molecule has 3 N–H and O–H groups in total. The van der Waals surface area contributed by atoms with Crippen LogP contribution in [0.15, 0.2) is 110 Å². The van der Waals surface area contributed by atoms with Gasteiger partial charge in [0.2, 0.25) is 0 Å². The monoisotopic (exact) mass is 1040 g/mol. The molecule has 0 atom stereocenters.